The van der Waals surface area contributed by atoms with Crippen molar-refractivity contribution in [1.29, 1.82) is 0 Å². The molecular weight excluding hydrogens is 436 g/mol. The Bertz CT molecular complexity index is 1380. The third kappa shape index (κ3) is 4.87. The fourth-order valence-electron chi connectivity index (χ4n) is 4.17. The number of imidazole rings is 1. The molecule has 3 nitrogen and oxygen atoms in total. The zero-order valence-electron chi connectivity index (χ0n) is 19.5. The van der Waals surface area contributed by atoms with E-state index >= 15 is 0 Å². The first-order valence-electron chi connectivity index (χ1n) is 11.6. The van der Waals surface area contributed by atoms with Gasteiger partial charge in [-0.25, -0.2) is 4.98 Å². The Morgan fingerprint density at radius 3 is 2.32 bits per heavy atom. The van der Waals surface area contributed by atoms with Gasteiger partial charge in [-0.15, -0.1) is 11.8 Å². The Morgan fingerprint density at radius 2 is 1.53 bits per heavy atom. The molecule has 1 unspecified atom stereocenters. The van der Waals surface area contributed by atoms with E-state index in [0.717, 1.165) is 34.7 Å². The molecule has 0 bridgehead atoms. The minimum atomic E-state index is 0.0664. The number of nitrogens with zero attached hydrogens (tertiary/aromatic N) is 2. The zero-order chi connectivity index (χ0) is 23.3. The van der Waals surface area contributed by atoms with E-state index in [2.05, 4.69) is 122 Å². The van der Waals surface area contributed by atoms with E-state index in [9.17, 15) is 0 Å². The molecule has 1 atom stereocenters. The van der Waals surface area contributed by atoms with Crippen molar-refractivity contribution in [2.24, 2.45) is 0 Å². The lowest BCUT2D eigenvalue weighted by Gasteiger charge is -2.19. The molecule has 0 saturated heterocycles. The van der Waals surface area contributed by atoms with Crippen molar-refractivity contribution in [2.45, 2.75) is 30.5 Å². The Morgan fingerprint density at radius 1 is 0.824 bits per heavy atom. The van der Waals surface area contributed by atoms with Crippen LogP contribution < -0.4 is 4.74 Å². The number of aromatic nitrogens is 2. The number of ether oxygens (including phenoxy) is 1. The number of fused-ring (bicyclic) bond motifs is 1. The summed E-state index contributed by atoms with van der Waals surface area (Å²) < 4.78 is 8.57. The number of aryl methyl sites for hydroxylation is 2. The van der Waals surface area contributed by atoms with E-state index in [4.69, 9.17) is 9.72 Å². The average molecular weight is 465 g/mol. The molecule has 4 aromatic carbocycles. The first-order valence-corrected chi connectivity index (χ1v) is 12.5. The Labute approximate surface area is 205 Å². The van der Waals surface area contributed by atoms with Gasteiger partial charge in [0.1, 0.15) is 18.2 Å². The second kappa shape index (κ2) is 10.2. The lowest BCUT2D eigenvalue weighted by atomic mass is 10.1. The van der Waals surface area contributed by atoms with Crippen LogP contribution >= 0.6 is 11.8 Å². The molecule has 5 rings (SSSR count). The van der Waals surface area contributed by atoms with Crippen molar-refractivity contribution in [3.63, 3.8) is 0 Å². The van der Waals surface area contributed by atoms with E-state index in [1.807, 2.05) is 11.8 Å². The van der Waals surface area contributed by atoms with Gasteiger partial charge in [-0.05, 0) is 60.9 Å². The average Bonchev–Trinajstić information content (AvgIpc) is 3.24. The minimum Gasteiger partial charge on any atom is -0.491 e. The second-order valence-electron chi connectivity index (χ2n) is 8.45. The maximum atomic E-state index is 6.24. The molecule has 0 aliphatic rings. The molecule has 4 heteroatoms. The largest absolute Gasteiger partial charge is 0.491 e. The number of benzene rings is 4. The summed E-state index contributed by atoms with van der Waals surface area (Å²) in [6.45, 7) is 5.49. The van der Waals surface area contributed by atoms with Crippen LogP contribution in [-0.2, 0) is 6.54 Å². The monoisotopic (exact) mass is 464 g/mol. The molecule has 1 heterocycles. The smallest absolute Gasteiger partial charge is 0.128 e. The normalized spacial score (nSPS) is 12.1. The summed E-state index contributed by atoms with van der Waals surface area (Å²) in [5, 5.41) is 0.0664. The van der Waals surface area contributed by atoms with Crippen LogP contribution in [0.5, 0.6) is 5.75 Å². The maximum Gasteiger partial charge on any atom is 0.128 e. The van der Waals surface area contributed by atoms with Crippen LogP contribution in [0.25, 0.3) is 11.0 Å². The van der Waals surface area contributed by atoms with Crippen molar-refractivity contribution < 1.29 is 4.74 Å². The molecule has 170 valence electrons. The first-order chi connectivity index (χ1) is 16.7. The molecule has 0 fully saturated rings. The van der Waals surface area contributed by atoms with E-state index in [0.29, 0.717) is 6.61 Å². The number of thioether (sulfide) groups is 1. The quantitative estimate of drug-likeness (QED) is 0.221. The Hall–Kier alpha value is -3.50. The highest BCUT2D eigenvalue weighted by molar-refractivity contribution is 7.99. The van der Waals surface area contributed by atoms with Crippen LogP contribution in [0.15, 0.2) is 108 Å². The lowest BCUT2D eigenvalue weighted by molar-refractivity contribution is 0.296. The maximum absolute atomic E-state index is 6.24. The first kappa shape index (κ1) is 22.3. The number of hydrogen-bond donors (Lipinski definition) is 0. The van der Waals surface area contributed by atoms with Gasteiger partial charge < -0.3 is 9.30 Å². The van der Waals surface area contributed by atoms with Gasteiger partial charge in [0.2, 0.25) is 0 Å². The highest BCUT2D eigenvalue weighted by Crippen LogP contribution is 2.41. The Kier molecular flexibility index (Phi) is 6.68. The van der Waals surface area contributed by atoms with Crippen LogP contribution in [-0.4, -0.2) is 16.2 Å². The van der Waals surface area contributed by atoms with Crippen molar-refractivity contribution in [1.82, 2.24) is 9.55 Å². The van der Waals surface area contributed by atoms with Gasteiger partial charge in [0.15, 0.2) is 0 Å². The summed E-state index contributed by atoms with van der Waals surface area (Å²) in [7, 11) is 0. The summed E-state index contributed by atoms with van der Waals surface area (Å²) in [5.41, 5.74) is 5.75. The van der Waals surface area contributed by atoms with E-state index in [1.165, 1.54) is 16.0 Å². The third-order valence-corrected chi connectivity index (χ3v) is 7.20. The fraction of sp³-hybridized carbons (Fsp3) is 0.167. The summed E-state index contributed by atoms with van der Waals surface area (Å²) in [5.74, 6) is 2.00. The molecule has 1 aromatic heterocycles. The highest BCUT2D eigenvalue weighted by atomic mass is 32.2. The zero-order valence-corrected chi connectivity index (χ0v) is 20.3. The predicted octanol–water partition coefficient (Wildman–Crippen LogP) is 7.61. The van der Waals surface area contributed by atoms with Gasteiger partial charge in [0.05, 0.1) is 22.8 Å². The highest BCUT2D eigenvalue weighted by Gasteiger charge is 2.23. The van der Waals surface area contributed by atoms with Crippen LogP contribution in [0.4, 0.5) is 0 Å². The summed E-state index contributed by atoms with van der Waals surface area (Å²) in [6.07, 6.45) is 0. The van der Waals surface area contributed by atoms with Crippen LogP contribution in [0, 0.1) is 13.8 Å². The van der Waals surface area contributed by atoms with Gasteiger partial charge in [0.25, 0.3) is 0 Å². The van der Waals surface area contributed by atoms with E-state index in [1.54, 1.807) is 0 Å². The molecule has 0 aliphatic carbocycles. The predicted molar refractivity (Wildman–Crippen MR) is 142 cm³/mol. The number of para-hydroxylation sites is 2. The standard InChI is InChI=1S/C30H28N2OS/c1-22-17-18-23(2)28(21-22)33-20-19-32-27-16-10-9-15-26(27)31-30(32)29(24-11-5-3-6-12-24)34-25-13-7-4-8-14-25/h3-18,21,29H,19-20H2,1-2H3. The molecule has 5 aromatic rings. The van der Waals surface area contributed by atoms with E-state index < -0.39 is 0 Å². The molecule has 0 saturated carbocycles. The molecular formula is C30H28N2OS. The number of rotatable bonds is 8. The van der Waals surface area contributed by atoms with Gasteiger partial charge in [-0.1, -0.05) is 72.8 Å². The Balaban J connectivity index is 1.52. The summed E-state index contributed by atoms with van der Waals surface area (Å²) in [4.78, 5) is 6.35. The molecule has 0 aliphatic heterocycles. The van der Waals surface area contributed by atoms with Crippen molar-refractivity contribution in [2.75, 3.05) is 6.61 Å². The molecule has 0 radical (unpaired) electrons. The molecule has 0 spiro atoms. The van der Waals surface area contributed by atoms with Crippen LogP contribution in [0.1, 0.15) is 27.8 Å². The van der Waals surface area contributed by atoms with Gasteiger partial charge in [-0.3, -0.25) is 0 Å². The minimum absolute atomic E-state index is 0.0664. The number of hydrogen-bond acceptors (Lipinski definition) is 3. The van der Waals surface area contributed by atoms with Gasteiger partial charge in [-0.2, -0.15) is 0 Å². The SMILES string of the molecule is Cc1ccc(C)c(OCCn2c(C(Sc3ccccc3)c3ccccc3)nc3ccccc32)c1. The van der Waals surface area contributed by atoms with E-state index in [-0.39, 0.29) is 5.25 Å². The van der Waals surface area contributed by atoms with Crippen LogP contribution in [0.2, 0.25) is 0 Å². The van der Waals surface area contributed by atoms with Crippen molar-refractivity contribution in [3.05, 3.63) is 126 Å². The molecule has 0 N–H and O–H groups in total. The second-order valence-corrected chi connectivity index (χ2v) is 9.63. The van der Waals surface area contributed by atoms with Crippen LogP contribution in [0.3, 0.4) is 0 Å². The van der Waals surface area contributed by atoms with Gasteiger partial charge >= 0.3 is 0 Å². The fourth-order valence-corrected chi connectivity index (χ4v) is 5.34. The lowest BCUT2D eigenvalue weighted by Crippen LogP contribution is -2.14. The molecule has 0 amide bonds. The molecule has 34 heavy (non-hydrogen) atoms. The van der Waals surface area contributed by atoms with Crippen molar-refractivity contribution in [3.8, 4) is 5.75 Å². The third-order valence-electron chi connectivity index (χ3n) is 5.93. The van der Waals surface area contributed by atoms with Crippen molar-refractivity contribution >= 4 is 22.8 Å². The topological polar surface area (TPSA) is 27.1 Å². The summed E-state index contributed by atoms with van der Waals surface area (Å²) in [6, 6.07) is 35.9. The van der Waals surface area contributed by atoms with Gasteiger partial charge in [0, 0.05) is 4.90 Å². The summed E-state index contributed by atoms with van der Waals surface area (Å²) >= 11 is 1.83.